The van der Waals surface area contributed by atoms with E-state index >= 15 is 0 Å². The smallest absolute Gasteiger partial charge is 0.146 e. The molecule has 2 aromatic rings. The highest BCUT2D eigenvalue weighted by atomic mass is 35.5. The number of fused-ring (bicyclic) bond motifs is 1. The van der Waals surface area contributed by atoms with Crippen LogP contribution in [0.2, 0.25) is 5.02 Å². The highest BCUT2D eigenvalue weighted by molar-refractivity contribution is 6.30. The van der Waals surface area contributed by atoms with Gasteiger partial charge in [-0.2, -0.15) is 0 Å². The van der Waals surface area contributed by atoms with Crippen LogP contribution in [0.15, 0.2) is 42.5 Å². The zero-order valence-electron chi connectivity index (χ0n) is 10.4. The molecule has 2 unspecified atom stereocenters. The Morgan fingerprint density at radius 3 is 2.79 bits per heavy atom. The molecule has 0 spiro atoms. The van der Waals surface area contributed by atoms with E-state index in [4.69, 9.17) is 16.3 Å². The molecule has 2 atom stereocenters. The van der Waals surface area contributed by atoms with E-state index in [9.17, 15) is 4.39 Å². The summed E-state index contributed by atoms with van der Waals surface area (Å²) in [5.74, 6) is 0.394. The summed E-state index contributed by atoms with van der Waals surface area (Å²) in [6.45, 7) is 1.97. The molecule has 0 radical (unpaired) electrons. The van der Waals surface area contributed by atoms with E-state index in [0.717, 1.165) is 5.69 Å². The largest absolute Gasteiger partial charge is 0.481 e. The van der Waals surface area contributed by atoms with Crippen LogP contribution in [-0.2, 0) is 0 Å². The van der Waals surface area contributed by atoms with Crippen LogP contribution >= 0.6 is 11.6 Å². The monoisotopic (exact) mass is 277 g/mol. The summed E-state index contributed by atoms with van der Waals surface area (Å²) < 4.78 is 19.8. The lowest BCUT2D eigenvalue weighted by atomic mass is 10.0. The predicted octanol–water partition coefficient (Wildman–Crippen LogP) is 4.41. The van der Waals surface area contributed by atoms with Crippen molar-refractivity contribution in [1.29, 1.82) is 0 Å². The summed E-state index contributed by atoms with van der Waals surface area (Å²) >= 11 is 5.96. The molecule has 2 nitrogen and oxygen atoms in total. The van der Waals surface area contributed by atoms with Gasteiger partial charge in [0, 0.05) is 16.7 Å². The molecular weight excluding hydrogens is 265 g/mol. The molecule has 19 heavy (non-hydrogen) atoms. The van der Waals surface area contributed by atoms with Gasteiger partial charge in [-0.3, -0.25) is 0 Å². The van der Waals surface area contributed by atoms with Gasteiger partial charge in [0.2, 0.25) is 0 Å². The molecule has 1 aliphatic rings. The van der Waals surface area contributed by atoms with Gasteiger partial charge in [-0.05, 0) is 25.1 Å². The van der Waals surface area contributed by atoms with E-state index in [-0.39, 0.29) is 18.0 Å². The number of nitrogens with one attached hydrogen (secondary N) is 1. The first-order chi connectivity index (χ1) is 9.15. The van der Waals surface area contributed by atoms with Crippen molar-refractivity contribution in [3.8, 4) is 5.75 Å². The third-order valence-corrected chi connectivity index (χ3v) is 3.48. The molecule has 0 saturated carbocycles. The molecule has 0 bridgehead atoms. The minimum Gasteiger partial charge on any atom is -0.481 e. The lowest BCUT2D eigenvalue weighted by molar-refractivity contribution is 0.173. The van der Waals surface area contributed by atoms with Crippen molar-refractivity contribution in [3.63, 3.8) is 0 Å². The van der Waals surface area contributed by atoms with E-state index in [2.05, 4.69) is 5.32 Å². The zero-order chi connectivity index (χ0) is 13.4. The van der Waals surface area contributed by atoms with Crippen LogP contribution in [0.4, 0.5) is 10.1 Å². The second-order valence-electron chi connectivity index (χ2n) is 4.63. The third-order valence-electron chi connectivity index (χ3n) is 3.25. The first kappa shape index (κ1) is 12.3. The Morgan fingerprint density at radius 1 is 1.21 bits per heavy atom. The molecule has 0 aromatic heterocycles. The third kappa shape index (κ3) is 2.26. The highest BCUT2D eigenvalue weighted by Crippen LogP contribution is 2.39. The average molecular weight is 278 g/mol. The molecule has 0 amide bonds. The number of rotatable bonds is 1. The van der Waals surface area contributed by atoms with Gasteiger partial charge >= 0.3 is 0 Å². The Hall–Kier alpha value is -1.74. The standard InChI is InChI=1S/C15H13ClFNO/c1-9-15(11-4-2-3-5-12(11)17)19-14-8-10(16)6-7-13(14)18-9/h2-9,15,18H,1H3. The summed E-state index contributed by atoms with van der Waals surface area (Å²) in [5, 5.41) is 3.91. The van der Waals surface area contributed by atoms with Gasteiger partial charge in [0.15, 0.2) is 0 Å². The SMILES string of the molecule is CC1Nc2ccc(Cl)cc2OC1c1ccccc1F. The maximum absolute atomic E-state index is 13.9. The first-order valence-corrected chi connectivity index (χ1v) is 6.50. The zero-order valence-corrected chi connectivity index (χ0v) is 11.1. The molecule has 3 rings (SSSR count). The van der Waals surface area contributed by atoms with Crippen LogP contribution in [0.1, 0.15) is 18.6 Å². The van der Waals surface area contributed by atoms with Gasteiger partial charge in [0.1, 0.15) is 17.7 Å². The van der Waals surface area contributed by atoms with Crippen LogP contribution < -0.4 is 10.1 Å². The van der Waals surface area contributed by atoms with Crippen LogP contribution in [-0.4, -0.2) is 6.04 Å². The topological polar surface area (TPSA) is 21.3 Å². The summed E-state index contributed by atoms with van der Waals surface area (Å²) in [6.07, 6.45) is -0.368. The molecule has 0 saturated heterocycles. The Balaban J connectivity index is 1.99. The minimum absolute atomic E-state index is 0.0226. The number of benzene rings is 2. The van der Waals surface area contributed by atoms with Crippen molar-refractivity contribution in [1.82, 2.24) is 0 Å². The normalized spacial score (nSPS) is 21.2. The van der Waals surface area contributed by atoms with Crippen LogP contribution in [0, 0.1) is 5.82 Å². The van der Waals surface area contributed by atoms with E-state index in [1.54, 1.807) is 24.3 Å². The predicted molar refractivity (Wildman–Crippen MR) is 74.3 cm³/mol. The maximum atomic E-state index is 13.9. The van der Waals surface area contributed by atoms with Gasteiger partial charge in [0.05, 0.1) is 11.7 Å². The van der Waals surface area contributed by atoms with Crippen molar-refractivity contribution >= 4 is 17.3 Å². The number of halogens is 2. The number of hydrogen-bond acceptors (Lipinski definition) is 2. The highest BCUT2D eigenvalue weighted by Gasteiger charge is 2.29. The van der Waals surface area contributed by atoms with Crippen molar-refractivity contribution in [2.24, 2.45) is 0 Å². The minimum atomic E-state index is -0.368. The summed E-state index contributed by atoms with van der Waals surface area (Å²) in [7, 11) is 0. The van der Waals surface area contributed by atoms with Crippen molar-refractivity contribution in [2.45, 2.75) is 19.1 Å². The lowest BCUT2D eigenvalue weighted by Gasteiger charge is -2.33. The number of anilines is 1. The van der Waals surface area contributed by atoms with Crippen molar-refractivity contribution < 1.29 is 9.13 Å². The first-order valence-electron chi connectivity index (χ1n) is 6.12. The lowest BCUT2D eigenvalue weighted by Crippen LogP contribution is -2.33. The van der Waals surface area contributed by atoms with Crippen molar-refractivity contribution in [2.75, 3.05) is 5.32 Å². The molecule has 1 aliphatic heterocycles. The Bertz CT molecular complexity index is 617. The quantitative estimate of drug-likeness (QED) is 0.833. The molecule has 98 valence electrons. The fourth-order valence-electron chi connectivity index (χ4n) is 2.31. The number of ether oxygens (including phenoxy) is 1. The summed E-state index contributed by atoms with van der Waals surface area (Å²) in [5.41, 5.74) is 1.43. The van der Waals surface area contributed by atoms with Gasteiger partial charge in [-0.1, -0.05) is 29.8 Å². The van der Waals surface area contributed by atoms with Crippen LogP contribution in [0.25, 0.3) is 0 Å². The molecule has 1 N–H and O–H groups in total. The summed E-state index contributed by atoms with van der Waals surface area (Å²) in [4.78, 5) is 0. The second-order valence-corrected chi connectivity index (χ2v) is 5.07. The molecule has 1 heterocycles. The van der Waals surface area contributed by atoms with Crippen LogP contribution in [0.3, 0.4) is 0 Å². The Morgan fingerprint density at radius 2 is 2.00 bits per heavy atom. The Kier molecular flexibility index (Phi) is 3.07. The van der Waals surface area contributed by atoms with Crippen LogP contribution in [0.5, 0.6) is 5.75 Å². The fraction of sp³-hybridized carbons (Fsp3) is 0.200. The number of hydrogen-bond donors (Lipinski definition) is 1. The molecule has 4 heteroatoms. The van der Waals surface area contributed by atoms with Gasteiger partial charge in [0.25, 0.3) is 0 Å². The fourth-order valence-corrected chi connectivity index (χ4v) is 2.47. The van der Waals surface area contributed by atoms with Crippen molar-refractivity contribution in [3.05, 3.63) is 58.9 Å². The molecular formula is C15H13ClFNO. The van der Waals surface area contributed by atoms with E-state index in [1.165, 1.54) is 6.07 Å². The summed E-state index contributed by atoms with van der Waals surface area (Å²) in [6, 6.07) is 12.0. The van der Waals surface area contributed by atoms with Gasteiger partial charge in [-0.25, -0.2) is 4.39 Å². The molecule has 0 aliphatic carbocycles. The van der Waals surface area contributed by atoms with E-state index in [0.29, 0.717) is 16.3 Å². The van der Waals surface area contributed by atoms with E-state index < -0.39 is 0 Å². The maximum Gasteiger partial charge on any atom is 0.146 e. The van der Waals surface area contributed by atoms with Gasteiger partial charge < -0.3 is 10.1 Å². The van der Waals surface area contributed by atoms with Gasteiger partial charge in [-0.15, -0.1) is 0 Å². The Labute approximate surface area is 116 Å². The van der Waals surface area contributed by atoms with E-state index in [1.807, 2.05) is 19.1 Å². The second kappa shape index (κ2) is 4.74. The molecule has 2 aromatic carbocycles. The molecule has 0 fully saturated rings. The average Bonchev–Trinajstić information content (AvgIpc) is 2.39.